The third kappa shape index (κ3) is 2.62. The minimum Gasteiger partial charge on any atom is -0.365 e. The van der Waals surface area contributed by atoms with Crippen LogP contribution in [0.1, 0.15) is 0 Å². The highest BCUT2D eigenvalue weighted by molar-refractivity contribution is 6.49. The van der Waals surface area contributed by atoms with Gasteiger partial charge in [-0.3, -0.25) is 5.26 Å². The molecule has 0 amide bonds. The Balaban J connectivity index is 3.36. The molecule has 5 nitrogen and oxygen atoms in total. The zero-order valence-electron chi connectivity index (χ0n) is 3.04. The summed E-state index contributed by atoms with van der Waals surface area (Å²) in [4.78, 5) is 15.5. The second-order valence-corrected chi connectivity index (χ2v) is 2.15. The zero-order chi connectivity index (χ0) is 5.91. The van der Waals surface area contributed by atoms with Crippen LogP contribution in [0.15, 0.2) is 0 Å². The van der Waals surface area contributed by atoms with E-state index < -0.39 is 9.05 Å². The van der Waals surface area contributed by atoms with Crippen LogP contribution in [0.4, 0.5) is 4.53 Å². The predicted octanol–water partition coefficient (Wildman–Crippen LogP) is -1.20. The lowest BCUT2D eigenvalue weighted by atomic mass is 14.9. The summed E-state index contributed by atoms with van der Waals surface area (Å²) in [5.74, 6) is 0. The molecule has 0 atom stereocenters. The van der Waals surface area contributed by atoms with Gasteiger partial charge >= 0.3 is 9.05 Å². The van der Waals surface area contributed by atoms with Crippen LogP contribution in [-0.2, 0) is 9.21 Å². The summed E-state index contributed by atoms with van der Waals surface area (Å²) in [5, 5.41) is 7.29. The molecular formula is H3FO5Si. The van der Waals surface area contributed by atoms with E-state index in [1.54, 1.807) is 0 Å². The smallest absolute Gasteiger partial charge is 0.365 e. The Labute approximate surface area is 38.9 Å². The Morgan fingerprint density at radius 1 is 1.43 bits per heavy atom. The maximum absolute atomic E-state index is 10.5. The van der Waals surface area contributed by atoms with E-state index in [2.05, 4.69) is 9.21 Å². The maximum atomic E-state index is 10.5. The monoisotopic (exact) mass is 130 g/mol. The summed E-state index contributed by atoms with van der Waals surface area (Å²) >= 11 is 0. The fourth-order valence-electron chi connectivity index (χ4n) is 0.0141. The van der Waals surface area contributed by atoms with Crippen LogP contribution < -0.4 is 0 Å². The number of hydrogen-bond acceptors (Lipinski definition) is 5. The van der Waals surface area contributed by atoms with E-state index in [1.165, 1.54) is 0 Å². The number of rotatable bonds is 2. The van der Waals surface area contributed by atoms with Crippen LogP contribution in [0.3, 0.4) is 0 Å². The summed E-state index contributed by atoms with van der Waals surface area (Å²) in [5.41, 5.74) is 0. The molecule has 0 aromatic rings. The van der Waals surface area contributed by atoms with E-state index in [0.717, 1.165) is 0 Å². The van der Waals surface area contributed by atoms with Gasteiger partial charge in [-0.1, -0.05) is 4.53 Å². The molecule has 0 saturated carbocycles. The van der Waals surface area contributed by atoms with E-state index in [9.17, 15) is 4.53 Å². The highest BCUT2D eigenvalue weighted by atomic mass is 28.4. The normalized spacial score (nSPS) is 12.0. The minimum absolute atomic E-state index is 2.36. The summed E-state index contributed by atoms with van der Waals surface area (Å²) in [6, 6.07) is 0. The van der Waals surface area contributed by atoms with Gasteiger partial charge in [-0.15, -0.1) is 0 Å². The Morgan fingerprint density at radius 2 is 1.86 bits per heavy atom. The van der Waals surface area contributed by atoms with Crippen molar-refractivity contribution >= 4 is 9.05 Å². The van der Waals surface area contributed by atoms with Crippen molar-refractivity contribution in [3.8, 4) is 0 Å². The summed E-state index contributed by atoms with van der Waals surface area (Å²) in [6.45, 7) is 0. The molecule has 0 bridgehead atoms. The molecule has 0 heterocycles. The average molecular weight is 130 g/mol. The largest absolute Gasteiger partial charge is 0.734 e. The lowest BCUT2D eigenvalue weighted by molar-refractivity contribution is -0.250. The highest BCUT2D eigenvalue weighted by Gasteiger charge is 2.39. The molecule has 0 radical (unpaired) electrons. The first-order valence-electron chi connectivity index (χ1n) is 1.19. The standard InChI is InChI=1S/FH3O5Si/c1-5-7(3,4)6-2/h2-4H. The maximum Gasteiger partial charge on any atom is 0.734 e. The Morgan fingerprint density at radius 3 is 1.86 bits per heavy atom. The lowest BCUT2D eigenvalue weighted by Crippen LogP contribution is -2.39. The molecule has 0 saturated heterocycles. The fraction of sp³-hybridized carbons (Fsp3) is 0. The molecule has 0 aliphatic heterocycles. The molecule has 0 unspecified atom stereocenters. The van der Waals surface area contributed by atoms with Gasteiger partial charge in [-0.05, 0) is 0 Å². The first-order chi connectivity index (χ1) is 3.12. The molecule has 44 valence electrons. The second kappa shape index (κ2) is 2.30. The van der Waals surface area contributed by atoms with Crippen LogP contribution in [0.5, 0.6) is 0 Å². The molecule has 7 heteroatoms. The van der Waals surface area contributed by atoms with Crippen molar-refractivity contribution in [2.45, 2.75) is 0 Å². The van der Waals surface area contributed by atoms with Gasteiger partial charge in [-0.2, -0.15) is 9.21 Å². The highest BCUT2D eigenvalue weighted by Crippen LogP contribution is 1.93. The molecule has 0 spiro atoms. The van der Waals surface area contributed by atoms with E-state index >= 15 is 0 Å². The molecule has 0 rings (SSSR count). The van der Waals surface area contributed by atoms with Gasteiger partial charge in [0.15, 0.2) is 0 Å². The molecule has 0 aromatic heterocycles. The molecule has 7 heavy (non-hydrogen) atoms. The topological polar surface area (TPSA) is 79.2 Å². The summed E-state index contributed by atoms with van der Waals surface area (Å²) in [6.07, 6.45) is 0. The second-order valence-electron chi connectivity index (χ2n) is 0.717. The average Bonchev–Trinajstić information content (AvgIpc) is 1.68. The van der Waals surface area contributed by atoms with Gasteiger partial charge in [0.25, 0.3) is 0 Å². The lowest BCUT2D eigenvalue weighted by Gasteiger charge is -2.01. The fourth-order valence-corrected chi connectivity index (χ4v) is 0.0423. The first kappa shape index (κ1) is 6.95. The van der Waals surface area contributed by atoms with Crippen molar-refractivity contribution < 1.29 is 28.6 Å². The van der Waals surface area contributed by atoms with Crippen molar-refractivity contribution in [2.75, 3.05) is 0 Å². The van der Waals surface area contributed by atoms with Gasteiger partial charge in [0.1, 0.15) is 0 Å². The van der Waals surface area contributed by atoms with Gasteiger partial charge in [0.2, 0.25) is 0 Å². The molecule has 0 aliphatic rings. The van der Waals surface area contributed by atoms with E-state index in [0.29, 0.717) is 0 Å². The third-order valence-electron chi connectivity index (χ3n) is 0.219. The van der Waals surface area contributed by atoms with Crippen molar-refractivity contribution in [2.24, 2.45) is 0 Å². The third-order valence-corrected chi connectivity index (χ3v) is 0.658. The Hall–Kier alpha value is -0.0531. The molecule has 0 aromatic carbocycles. The van der Waals surface area contributed by atoms with E-state index in [4.69, 9.17) is 14.8 Å². The van der Waals surface area contributed by atoms with Gasteiger partial charge in [-0.25, -0.2) is 0 Å². The van der Waals surface area contributed by atoms with Gasteiger partial charge in [0.05, 0.1) is 0 Å². The minimum atomic E-state index is -4.76. The molecule has 0 aliphatic carbocycles. The number of halogens is 1. The summed E-state index contributed by atoms with van der Waals surface area (Å²) in [7, 11) is -4.76. The molecule has 0 fully saturated rings. The molecular weight excluding hydrogens is 127 g/mol. The van der Waals surface area contributed by atoms with Crippen molar-refractivity contribution in [1.82, 2.24) is 0 Å². The Bertz CT molecular complexity index is 46.0. The SMILES string of the molecule is OO[Si](O)(O)OF. The first-order valence-corrected chi connectivity index (χ1v) is 2.90. The summed E-state index contributed by atoms with van der Waals surface area (Å²) < 4.78 is 15.7. The van der Waals surface area contributed by atoms with Crippen molar-refractivity contribution in [3.05, 3.63) is 0 Å². The van der Waals surface area contributed by atoms with Crippen LogP contribution in [-0.4, -0.2) is 23.9 Å². The molecule has 3 N–H and O–H groups in total. The van der Waals surface area contributed by atoms with Gasteiger partial charge < -0.3 is 9.59 Å². The predicted molar refractivity (Wildman–Crippen MR) is 16.1 cm³/mol. The van der Waals surface area contributed by atoms with Crippen LogP contribution in [0.25, 0.3) is 0 Å². The van der Waals surface area contributed by atoms with Crippen molar-refractivity contribution in [3.63, 3.8) is 0 Å². The quantitative estimate of drug-likeness (QED) is 0.248. The zero-order valence-corrected chi connectivity index (χ0v) is 4.04. The van der Waals surface area contributed by atoms with Crippen LogP contribution in [0, 0.1) is 0 Å². The van der Waals surface area contributed by atoms with E-state index in [-0.39, 0.29) is 0 Å². The number of hydrogen-bond donors (Lipinski definition) is 3. The van der Waals surface area contributed by atoms with E-state index in [1.807, 2.05) is 0 Å². The van der Waals surface area contributed by atoms with Crippen molar-refractivity contribution in [1.29, 1.82) is 0 Å². The Kier molecular flexibility index (Phi) is 2.29. The van der Waals surface area contributed by atoms with Crippen LogP contribution in [0.2, 0.25) is 0 Å². The van der Waals surface area contributed by atoms with Crippen LogP contribution >= 0.6 is 0 Å². The van der Waals surface area contributed by atoms with Gasteiger partial charge in [0, 0.05) is 0 Å².